The summed E-state index contributed by atoms with van der Waals surface area (Å²) in [5.74, 6) is 5.91. The molecule has 2 N–H and O–H groups in total. The number of carbonyl (C=O) groups excluding carboxylic acids is 1. The lowest BCUT2D eigenvalue weighted by Crippen LogP contribution is -2.66. The molecular weight excluding hydrogens is 352 g/mol. The SMILES string of the molecule is N#C[C@H]1[C@@H](c2ccc(C#CC3(O)CCCC3)cc2)[C@H](CO)N1C(=O)C1CCC1. The number of aliphatic hydroxyl groups is 2. The Bertz CT molecular complexity index is 835. The van der Waals surface area contributed by atoms with Gasteiger partial charge in [0.1, 0.15) is 11.6 Å². The minimum Gasteiger partial charge on any atom is -0.394 e. The molecule has 1 heterocycles. The third-order valence-electron chi connectivity index (χ3n) is 6.61. The fourth-order valence-electron chi connectivity index (χ4n) is 4.64. The smallest absolute Gasteiger partial charge is 0.227 e. The third-order valence-corrected chi connectivity index (χ3v) is 6.61. The van der Waals surface area contributed by atoms with Crippen LogP contribution >= 0.6 is 0 Å². The van der Waals surface area contributed by atoms with Gasteiger partial charge in [-0.1, -0.05) is 30.4 Å². The van der Waals surface area contributed by atoms with E-state index in [2.05, 4.69) is 17.9 Å². The molecule has 0 radical (unpaired) electrons. The zero-order valence-electron chi connectivity index (χ0n) is 16.0. The Labute approximate surface area is 166 Å². The van der Waals surface area contributed by atoms with Crippen molar-refractivity contribution in [2.24, 2.45) is 5.92 Å². The van der Waals surface area contributed by atoms with Crippen LogP contribution in [0.3, 0.4) is 0 Å². The highest BCUT2D eigenvalue weighted by molar-refractivity contribution is 5.82. The summed E-state index contributed by atoms with van der Waals surface area (Å²) in [7, 11) is 0. The molecule has 0 spiro atoms. The molecule has 3 fully saturated rings. The van der Waals surface area contributed by atoms with E-state index in [4.69, 9.17) is 0 Å². The Morgan fingerprint density at radius 2 is 1.86 bits per heavy atom. The molecule has 4 rings (SSSR count). The Morgan fingerprint density at radius 3 is 2.39 bits per heavy atom. The predicted molar refractivity (Wildman–Crippen MR) is 104 cm³/mol. The van der Waals surface area contributed by atoms with Gasteiger partial charge in [-0.15, -0.1) is 0 Å². The molecule has 1 amide bonds. The van der Waals surface area contributed by atoms with Gasteiger partial charge in [-0.3, -0.25) is 4.79 Å². The molecule has 146 valence electrons. The van der Waals surface area contributed by atoms with Crippen LogP contribution in [0.15, 0.2) is 24.3 Å². The molecule has 3 aliphatic rings. The van der Waals surface area contributed by atoms with Crippen LogP contribution in [-0.2, 0) is 4.79 Å². The summed E-state index contributed by atoms with van der Waals surface area (Å²) in [6.07, 6.45) is 6.32. The normalized spacial score (nSPS) is 28.5. The summed E-state index contributed by atoms with van der Waals surface area (Å²) in [5.41, 5.74) is 0.899. The number of likely N-dealkylation sites (tertiary alicyclic amines) is 1. The first-order valence-corrected chi connectivity index (χ1v) is 10.2. The maximum Gasteiger partial charge on any atom is 0.227 e. The molecule has 2 aliphatic carbocycles. The standard InChI is InChI=1S/C23H26N2O3/c24-14-19-21(20(15-26)25(19)22(27)18-4-3-5-18)17-8-6-16(7-9-17)10-13-23(28)11-1-2-12-23/h6-9,18-21,26,28H,1-5,11-12,15H2/t19-,20-,21+/m0/s1. The highest BCUT2D eigenvalue weighted by atomic mass is 16.3. The number of amides is 1. The lowest BCUT2D eigenvalue weighted by Gasteiger charge is -2.53. The highest BCUT2D eigenvalue weighted by Gasteiger charge is 2.53. The Hall–Kier alpha value is -2.34. The van der Waals surface area contributed by atoms with Crippen molar-refractivity contribution in [2.75, 3.05) is 6.61 Å². The number of carbonyl (C=O) groups is 1. The first-order chi connectivity index (χ1) is 13.6. The van der Waals surface area contributed by atoms with Gasteiger partial charge in [0, 0.05) is 17.4 Å². The van der Waals surface area contributed by atoms with Crippen molar-refractivity contribution >= 4 is 5.91 Å². The molecule has 28 heavy (non-hydrogen) atoms. The fraction of sp³-hybridized carbons (Fsp3) is 0.565. The van der Waals surface area contributed by atoms with Crippen molar-refractivity contribution in [2.45, 2.75) is 68.5 Å². The average molecular weight is 378 g/mol. The monoisotopic (exact) mass is 378 g/mol. The number of benzene rings is 1. The number of hydrogen-bond acceptors (Lipinski definition) is 4. The number of hydrogen-bond donors (Lipinski definition) is 2. The summed E-state index contributed by atoms with van der Waals surface area (Å²) < 4.78 is 0. The van der Waals surface area contributed by atoms with E-state index in [9.17, 15) is 20.3 Å². The minimum atomic E-state index is -0.858. The Morgan fingerprint density at radius 1 is 1.18 bits per heavy atom. The zero-order chi connectivity index (χ0) is 19.7. The summed E-state index contributed by atoms with van der Waals surface area (Å²) >= 11 is 0. The van der Waals surface area contributed by atoms with Gasteiger partial charge in [-0.05, 0) is 56.2 Å². The summed E-state index contributed by atoms with van der Waals surface area (Å²) in [6.45, 7) is -0.143. The second-order valence-corrected chi connectivity index (χ2v) is 8.33. The van der Waals surface area contributed by atoms with Crippen LogP contribution in [-0.4, -0.2) is 45.3 Å². The van der Waals surface area contributed by atoms with Crippen LogP contribution in [0.5, 0.6) is 0 Å². The number of rotatable bonds is 3. The number of nitrogens with zero attached hydrogens (tertiary/aromatic N) is 2. The maximum absolute atomic E-state index is 12.6. The molecule has 0 bridgehead atoms. The lowest BCUT2D eigenvalue weighted by atomic mass is 9.73. The van der Waals surface area contributed by atoms with Crippen molar-refractivity contribution in [3.05, 3.63) is 35.4 Å². The van der Waals surface area contributed by atoms with E-state index >= 15 is 0 Å². The molecule has 1 aromatic rings. The molecule has 1 saturated heterocycles. The second-order valence-electron chi connectivity index (χ2n) is 8.33. The fourth-order valence-corrected chi connectivity index (χ4v) is 4.64. The zero-order valence-corrected chi connectivity index (χ0v) is 16.0. The van der Waals surface area contributed by atoms with Gasteiger partial charge in [0.2, 0.25) is 5.91 Å². The third kappa shape index (κ3) is 3.30. The molecule has 1 aliphatic heterocycles. The van der Waals surface area contributed by atoms with Crippen LogP contribution in [0.25, 0.3) is 0 Å². The van der Waals surface area contributed by atoms with Gasteiger partial charge in [0.25, 0.3) is 0 Å². The van der Waals surface area contributed by atoms with E-state index in [1.54, 1.807) is 4.90 Å². The first kappa shape index (κ1) is 19.0. The lowest BCUT2D eigenvalue weighted by molar-refractivity contribution is -0.154. The van der Waals surface area contributed by atoms with E-state index in [0.717, 1.165) is 56.1 Å². The second kappa shape index (κ2) is 7.59. The minimum absolute atomic E-state index is 0.0143. The number of nitriles is 1. The van der Waals surface area contributed by atoms with Crippen molar-refractivity contribution in [3.8, 4) is 17.9 Å². The largest absolute Gasteiger partial charge is 0.394 e. The predicted octanol–water partition coefficient (Wildman–Crippen LogP) is 2.32. The average Bonchev–Trinajstić information content (AvgIpc) is 3.06. The molecule has 5 heteroatoms. The van der Waals surface area contributed by atoms with E-state index < -0.39 is 11.6 Å². The van der Waals surface area contributed by atoms with E-state index in [0.29, 0.717) is 0 Å². The van der Waals surface area contributed by atoms with Crippen molar-refractivity contribution < 1.29 is 15.0 Å². The summed E-state index contributed by atoms with van der Waals surface area (Å²) in [4.78, 5) is 14.2. The molecule has 0 aromatic heterocycles. The van der Waals surface area contributed by atoms with Gasteiger partial charge >= 0.3 is 0 Å². The van der Waals surface area contributed by atoms with Crippen molar-refractivity contribution in [1.29, 1.82) is 5.26 Å². The molecule has 0 unspecified atom stereocenters. The van der Waals surface area contributed by atoms with E-state index in [1.165, 1.54) is 0 Å². The topological polar surface area (TPSA) is 84.6 Å². The van der Waals surface area contributed by atoms with Crippen molar-refractivity contribution in [1.82, 2.24) is 4.90 Å². The van der Waals surface area contributed by atoms with Crippen LogP contribution in [0.1, 0.15) is 62.0 Å². The van der Waals surface area contributed by atoms with Crippen LogP contribution < -0.4 is 0 Å². The van der Waals surface area contributed by atoms with Crippen LogP contribution in [0, 0.1) is 29.1 Å². The highest BCUT2D eigenvalue weighted by Crippen LogP contribution is 2.43. The quantitative estimate of drug-likeness (QED) is 0.791. The number of aliphatic hydroxyl groups excluding tert-OH is 1. The Balaban J connectivity index is 1.49. The van der Waals surface area contributed by atoms with Gasteiger partial charge < -0.3 is 15.1 Å². The molecule has 3 atom stereocenters. The molecule has 2 saturated carbocycles. The van der Waals surface area contributed by atoms with Crippen LogP contribution in [0.4, 0.5) is 0 Å². The molecule has 5 nitrogen and oxygen atoms in total. The van der Waals surface area contributed by atoms with Gasteiger partial charge in [0.15, 0.2) is 0 Å². The maximum atomic E-state index is 12.6. The Kier molecular flexibility index (Phi) is 5.15. The molecular formula is C23H26N2O3. The van der Waals surface area contributed by atoms with Crippen molar-refractivity contribution in [3.63, 3.8) is 0 Å². The summed E-state index contributed by atoms with van der Waals surface area (Å²) in [5, 5.41) is 29.8. The first-order valence-electron chi connectivity index (χ1n) is 10.2. The van der Waals surface area contributed by atoms with Gasteiger partial charge in [0.05, 0.1) is 18.7 Å². The van der Waals surface area contributed by atoms with Gasteiger partial charge in [-0.2, -0.15) is 5.26 Å². The summed E-state index contributed by atoms with van der Waals surface area (Å²) in [6, 6.07) is 9.02. The van der Waals surface area contributed by atoms with E-state index in [-0.39, 0.29) is 30.4 Å². The van der Waals surface area contributed by atoms with Crippen LogP contribution in [0.2, 0.25) is 0 Å². The molecule has 1 aromatic carbocycles. The van der Waals surface area contributed by atoms with E-state index in [1.807, 2.05) is 24.3 Å². The van der Waals surface area contributed by atoms with Gasteiger partial charge in [-0.25, -0.2) is 0 Å².